The van der Waals surface area contributed by atoms with Crippen molar-refractivity contribution in [2.75, 3.05) is 32.7 Å². The van der Waals surface area contributed by atoms with Crippen molar-refractivity contribution in [2.24, 2.45) is 5.92 Å². The molecule has 1 N–H and O–H groups in total. The van der Waals surface area contributed by atoms with Gasteiger partial charge in [0.05, 0.1) is 6.54 Å². The second-order valence-corrected chi connectivity index (χ2v) is 7.00. The first-order chi connectivity index (χ1) is 11.7. The van der Waals surface area contributed by atoms with E-state index in [9.17, 15) is 4.79 Å². The summed E-state index contributed by atoms with van der Waals surface area (Å²) in [6, 6.07) is 0.257. The van der Waals surface area contributed by atoms with Crippen molar-refractivity contribution < 1.29 is 9.32 Å². The highest BCUT2D eigenvalue weighted by Gasteiger charge is 2.31. The van der Waals surface area contributed by atoms with Crippen LogP contribution < -0.4 is 5.32 Å². The van der Waals surface area contributed by atoms with Gasteiger partial charge in [0.25, 0.3) is 0 Å². The molecular weight excluding hydrogens is 306 g/mol. The fraction of sp³-hybridized carbons (Fsp3) is 0.824. The van der Waals surface area contributed by atoms with Crippen LogP contribution >= 0.6 is 0 Å². The van der Waals surface area contributed by atoms with Gasteiger partial charge in [0.1, 0.15) is 0 Å². The maximum Gasteiger partial charge on any atom is 0.226 e. The Morgan fingerprint density at radius 3 is 2.83 bits per heavy atom. The Kier molecular flexibility index (Phi) is 5.84. The lowest BCUT2D eigenvalue weighted by molar-refractivity contribution is -0.131. The van der Waals surface area contributed by atoms with Gasteiger partial charge in [-0.25, -0.2) is 0 Å². The Morgan fingerprint density at radius 1 is 1.38 bits per heavy atom. The highest BCUT2D eigenvalue weighted by molar-refractivity contribution is 5.73. The lowest BCUT2D eigenvalue weighted by Crippen LogP contribution is -2.41. The van der Waals surface area contributed by atoms with Gasteiger partial charge in [-0.3, -0.25) is 4.79 Å². The van der Waals surface area contributed by atoms with E-state index < -0.39 is 0 Å². The molecule has 2 saturated heterocycles. The molecule has 2 aliphatic rings. The first-order valence-corrected chi connectivity index (χ1v) is 9.17. The van der Waals surface area contributed by atoms with Crippen LogP contribution in [0.15, 0.2) is 4.52 Å². The Morgan fingerprint density at radius 2 is 2.17 bits per heavy atom. The summed E-state index contributed by atoms with van der Waals surface area (Å²) in [5, 5.41) is 7.41. The lowest BCUT2D eigenvalue weighted by Gasteiger charge is -2.29. The van der Waals surface area contributed by atoms with Crippen LogP contribution in [0.5, 0.6) is 0 Å². The number of rotatable bonds is 6. The van der Waals surface area contributed by atoms with Gasteiger partial charge in [-0.15, -0.1) is 0 Å². The minimum Gasteiger partial charge on any atom is -0.339 e. The molecule has 0 saturated carbocycles. The predicted octanol–water partition coefficient (Wildman–Crippen LogP) is 1.05. The summed E-state index contributed by atoms with van der Waals surface area (Å²) in [6.45, 7) is 9.54. The van der Waals surface area contributed by atoms with Crippen LogP contribution in [0.1, 0.15) is 44.8 Å². The van der Waals surface area contributed by atoms with Crippen molar-refractivity contribution in [3.63, 3.8) is 0 Å². The Bertz CT molecular complexity index is 541. The van der Waals surface area contributed by atoms with Crippen LogP contribution in [-0.2, 0) is 17.8 Å². The normalized spacial score (nSPS) is 22.8. The third-order valence-corrected chi connectivity index (χ3v) is 5.19. The van der Waals surface area contributed by atoms with Crippen molar-refractivity contribution in [3.05, 3.63) is 11.7 Å². The molecule has 0 aromatic carbocycles. The van der Waals surface area contributed by atoms with Gasteiger partial charge in [0, 0.05) is 39.0 Å². The maximum absolute atomic E-state index is 12.1. The van der Waals surface area contributed by atoms with E-state index in [-0.39, 0.29) is 11.9 Å². The second kappa shape index (κ2) is 8.07. The van der Waals surface area contributed by atoms with Gasteiger partial charge in [-0.2, -0.15) is 4.98 Å². The summed E-state index contributed by atoms with van der Waals surface area (Å²) in [5.41, 5.74) is 0. The number of carbonyl (C=O) groups is 1. The van der Waals surface area contributed by atoms with Crippen molar-refractivity contribution in [3.8, 4) is 0 Å². The number of aryl methyl sites for hydroxylation is 1. The van der Waals surface area contributed by atoms with Crippen LogP contribution in [0.4, 0.5) is 0 Å². The number of hydrogen-bond acceptors (Lipinski definition) is 6. The van der Waals surface area contributed by atoms with Crippen LogP contribution in [0.3, 0.4) is 0 Å². The molecule has 2 aliphatic heterocycles. The Hall–Kier alpha value is -1.47. The minimum absolute atomic E-state index is 0.0894. The molecule has 1 atom stereocenters. The average Bonchev–Trinajstić information content (AvgIpc) is 3.22. The average molecular weight is 335 g/mol. The van der Waals surface area contributed by atoms with E-state index in [1.165, 1.54) is 12.8 Å². The third kappa shape index (κ3) is 4.33. The first-order valence-electron chi connectivity index (χ1n) is 9.17. The molecule has 1 aromatic heterocycles. The summed E-state index contributed by atoms with van der Waals surface area (Å²) >= 11 is 0. The molecule has 0 bridgehead atoms. The molecular formula is C17H29N5O2. The van der Waals surface area contributed by atoms with Crippen molar-refractivity contribution in [1.82, 2.24) is 25.3 Å². The molecule has 134 valence electrons. The number of nitrogens with one attached hydrogen (secondary N) is 1. The van der Waals surface area contributed by atoms with Crippen LogP contribution in [0, 0.1) is 5.92 Å². The Labute approximate surface area is 143 Å². The smallest absolute Gasteiger partial charge is 0.226 e. The molecule has 2 fully saturated rings. The first kappa shape index (κ1) is 17.4. The monoisotopic (exact) mass is 335 g/mol. The number of amides is 1. The molecule has 7 nitrogen and oxygen atoms in total. The second-order valence-electron chi connectivity index (χ2n) is 7.00. The Balaban J connectivity index is 1.55. The number of carbonyl (C=O) groups excluding carboxylic acids is 1. The highest BCUT2D eigenvalue weighted by atomic mass is 16.5. The summed E-state index contributed by atoms with van der Waals surface area (Å²) in [6.07, 6.45) is 4.28. The molecule has 0 spiro atoms. The summed E-state index contributed by atoms with van der Waals surface area (Å²) in [4.78, 5) is 20.9. The van der Waals surface area contributed by atoms with Crippen LogP contribution in [-0.4, -0.2) is 64.6 Å². The van der Waals surface area contributed by atoms with Crippen LogP contribution in [0.2, 0.25) is 0 Å². The van der Waals surface area contributed by atoms with Crippen molar-refractivity contribution in [2.45, 2.75) is 52.1 Å². The summed E-state index contributed by atoms with van der Waals surface area (Å²) in [7, 11) is 0. The van der Waals surface area contributed by atoms with E-state index in [4.69, 9.17) is 4.52 Å². The van der Waals surface area contributed by atoms with Gasteiger partial charge in [-0.05, 0) is 38.3 Å². The lowest BCUT2D eigenvalue weighted by atomic mass is 9.98. The standard InChI is InChI=1S/C17H29N5O2/c1-3-17-19-16(20-24-17)12-22(13(2)23)15-6-9-21(11-15)10-14-4-7-18-8-5-14/h14-15,18H,3-12H2,1-2H3. The largest absolute Gasteiger partial charge is 0.339 e. The number of piperidine rings is 1. The van der Waals surface area contributed by atoms with Gasteiger partial charge in [0.15, 0.2) is 5.82 Å². The molecule has 24 heavy (non-hydrogen) atoms. The van der Waals surface area contributed by atoms with E-state index in [2.05, 4.69) is 20.4 Å². The predicted molar refractivity (Wildman–Crippen MR) is 90.3 cm³/mol. The zero-order chi connectivity index (χ0) is 16.9. The molecule has 0 radical (unpaired) electrons. The maximum atomic E-state index is 12.1. The molecule has 1 unspecified atom stereocenters. The van der Waals surface area contributed by atoms with Gasteiger partial charge in [-0.1, -0.05) is 12.1 Å². The van der Waals surface area contributed by atoms with E-state index in [0.717, 1.165) is 51.5 Å². The van der Waals surface area contributed by atoms with E-state index in [1.54, 1.807) is 6.92 Å². The van der Waals surface area contributed by atoms with Gasteiger partial charge >= 0.3 is 0 Å². The number of likely N-dealkylation sites (tertiary alicyclic amines) is 1. The molecule has 0 aliphatic carbocycles. The molecule has 3 rings (SSSR count). The van der Waals surface area contributed by atoms with Crippen molar-refractivity contribution in [1.29, 1.82) is 0 Å². The third-order valence-electron chi connectivity index (χ3n) is 5.19. The summed E-state index contributed by atoms with van der Waals surface area (Å²) < 4.78 is 5.16. The molecule has 7 heteroatoms. The zero-order valence-electron chi connectivity index (χ0n) is 14.8. The van der Waals surface area contributed by atoms with Gasteiger partial charge < -0.3 is 19.6 Å². The number of hydrogen-bond donors (Lipinski definition) is 1. The molecule has 3 heterocycles. The number of aromatic nitrogens is 2. The zero-order valence-corrected chi connectivity index (χ0v) is 14.8. The molecule has 1 amide bonds. The fourth-order valence-corrected chi connectivity index (χ4v) is 3.81. The summed E-state index contributed by atoms with van der Waals surface area (Å²) in [5.74, 6) is 2.12. The fourth-order valence-electron chi connectivity index (χ4n) is 3.81. The SMILES string of the molecule is CCc1nc(CN(C(C)=O)C2CCN(CC3CCNCC3)C2)no1. The number of nitrogens with zero attached hydrogens (tertiary/aromatic N) is 4. The quantitative estimate of drug-likeness (QED) is 0.838. The molecule has 1 aromatic rings. The van der Waals surface area contributed by atoms with Crippen LogP contribution in [0.25, 0.3) is 0 Å². The van der Waals surface area contributed by atoms with Gasteiger partial charge in [0.2, 0.25) is 11.8 Å². The van der Waals surface area contributed by atoms with E-state index in [1.807, 2.05) is 11.8 Å². The van der Waals surface area contributed by atoms with E-state index in [0.29, 0.717) is 18.3 Å². The highest BCUT2D eigenvalue weighted by Crippen LogP contribution is 2.21. The minimum atomic E-state index is 0.0894. The van der Waals surface area contributed by atoms with Crippen molar-refractivity contribution >= 4 is 5.91 Å². The topological polar surface area (TPSA) is 74.5 Å². The van der Waals surface area contributed by atoms with E-state index >= 15 is 0 Å².